The Morgan fingerprint density at radius 1 is 1.50 bits per heavy atom. The molecule has 0 bridgehead atoms. The first-order chi connectivity index (χ1) is 6.53. The summed E-state index contributed by atoms with van der Waals surface area (Å²) in [7, 11) is -2.55. The van der Waals surface area contributed by atoms with Gasteiger partial charge in [0.15, 0.2) is 0 Å². The Hall–Kier alpha value is -0.980. The van der Waals surface area contributed by atoms with E-state index < -0.39 is 15.8 Å². The van der Waals surface area contributed by atoms with E-state index in [0.717, 1.165) is 6.07 Å². The molecule has 0 aliphatic carbocycles. The van der Waals surface area contributed by atoms with Gasteiger partial charge in [-0.05, 0) is 18.7 Å². The normalized spacial score (nSPS) is 11.6. The minimum absolute atomic E-state index is 0.0198. The topological polar surface area (TPSA) is 72.2 Å². The van der Waals surface area contributed by atoms with Crippen LogP contribution < -0.4 is 10.5 Å². The molecule has 1 rings (SSSR count). The molecule has 0 heterocycles. The van der Waals surface area contributed by atoms with Gasteiger partial charge in [0.1, 0.15) is 10.7 Å². The minimum Gasteiger partial charge on any atom is -0.326 e. The highest BCUT2D eigenvalue weighted by atomic mass is 32.2. The Morgan fingerprint density at radius 2 is 2.14 bits per heavy atom. The fraction of sp³-hybridized carbons (Fsp3) is 0.250. The van der Waals surface area contributed by atoms with E-state index in [1.807, 2.05) is 4.72 Å². The maximum atomic E-state index is 13.2. The molecule has 0 aliphatic heterocycles. The van der Waals surface area contributed by atoms with Crippen LogP contribution in [0.25, 0.3) is 0 Å². The third-order valence-corrected chi connectivity index (χ3v) is 3.34. The van der Waals surface area contributed by atoms with Gasteiger partial charge in [-0.25, -0.2) is 17.5 Å². The SMILES string of the molecule is CNS(=O)(=O)c1c(F)cccc1CN. The molecule has 3 N–H and O–H groups in total. The first-order valence-electron chi connectivity index (χ1n) is 3.94. The standard InChI is InChI=1S/C8H11FN2O2S/c1-11-14(12,13)8-6(5-10)3-2-4-7(8)9/h2-4,11H,5,10H2,1H3. The number of hydrogen-bond acceptors (Lipinski definition) is 3. The van der Waals surface area contributed by atoms with Crippen LogP contribution in [0.1, 0.15) is 5.56 Å². The summed E-state index contributed by atoms with van der Waals surface area (Å²) in [5, 5.41) is 0. The summed E-state index contributed by atoms with van der Waals surface area (Å²) in [6.07, 6.45) is 0. The summed E-state index contributed by atoms with van der Waals surface area (Å²) >= 11 is 0. The van der Waals surface area contributed by atoms with Crippen LogP contribution in [0.5, 0.6) is 0 Å². The number of benzene rings is 1. The molecular formula is C8H11FN2O2S. The van der Waals surface area contributed by atoms with Gasteiger partial charge in [0, 0.05) is 6.54 Å². The molecule has 0 saturated heterocycles. The number of nitrogens with one attached hydrogen (secondary N) is 1. The van der Waals surface area contributed by atoms with Gasteiger partial charge in [-0.1, -0.05) is 12.1 Å². The second-order valence-electron chi connectivity index (χ2n) is 2.64. The third-order valence-electron chi connectivity index (χ3n) is 1.81. The summed E-state index contributed by atoms with van der Waals surface area (Å²) in [6.45, 7) is -0.0198. The number of halogens is 1. The summed E-state index contributed by atoms with van der Waals surface area (Å²) < 4.78 is 38.1. The van der Waals surface area contributed by atoms with Crippen molar-refractivity contribution in [2.45, 2.75) is 11.4 Å². The van der Waals surface area contributed by atoms with Crippen molar-refractivity contribution < 1.29 is 12.8 Å². The van der Waals surface area contributed by atoms with Gasteiger partial charge >= 0.3 is 0 Å². The molecule has 0 unspecified atom stereocenters. The molecule has 6 heteroatoms. The van der Waals surface area contributed by atoms with Crippen molar-refractivity contribution in [3.63, 3.8) is 0 Å². The van der Waals surface area contributed by atoms with Gasteiger partial charge in [0.25, 0.3) is 0 Å². The third kappa shape index (κ3) is 1.92. The van der Waals surface area contributed by atoms with E-state index in [0.29, 0.717) is 0 Å². The molecular weight excluding hydrogens is 207 g/mol. The Morgan fingerprint density at radius 3 is 2.64 bits per heavy atom. The molecule has 14 heavy (non-hydrogen) atoms. The van der Waals surface area contributed by atoms with E-state index in [1.54, 1.807) is 0 Å². The van der Waals surface area contributed by atoms with Crippen molar-refractivity contribution in [2.75, 3.05) is 7.05 Å². The van der Waals surface area contributed by atoms with Crippen molar-refractivity contribution in [3.8, 4) is 0 Å². The first kappa shape index (κ1) is 11.1. The fourth-order valence-corrected chi connectivity index (χ4v) is 2.14. The molecule has 0 amide bonds. The van der Waals surface area contributed by atoms with Gasteiger partial charge in [-0.3, -0.25) is 0 Å². The summed E-state index contributed by atoms with van der Waals surface area (Å²) in [6, 6.07) is 3.99. The summed E-state index contributed by atoms with van der Waals surface area (Å²) in [5.74, 6) is -0.790. The maximum Gasteiger partial charge on any atom is 0.243 e. The van der Waals surface area contributed by atoms with Crippen LogP contribution in [0.15, 0.2) is 23.1 Å². The van der Waals surface area contributed by atoms with Gasteiger partial charge in [-0.2, -0.15) is 0 Å². The molecule has 0 atom stereocenters. The lowest BCUT2D eigenvalue weighted by atomic mass is 10.2. The minimum atomic E-state index is -3.78. The molecule has 0 aromatic heterocycles. The highest BCUT2D eigenvalue weighted by Gasteiger charge is 2.20. The van der Waals surface area contributed by atoms with Crippen molar-refractivity contribution in [1.29, 1.82) is 0 Å². The summed E-state index contributed by atoms with van der Waals surface area (Å²) in [5.41, 5.74) is 5.58. The Labute approximate surface area is 82.0 Å². The molecule has 0 aliphatic rings. The lowest BCUT2D eigenvalue weighted by Crippen LogP contribution is -2.22. The second kappa shape index (κ2) is 4.04. The van der Waals surface area contributed by atoms with E-state index >= 15 is 0 Å². The predicted octanol–water partition coefficient (Wildman–Crippen LogP) is 0.193. The lowest BCUT2D eigenvalue weighted by Gasteiger charge is -2.08. The zero-order valence-electron chi connectivity index (χ0n) is 7.62. The monoisotopic (exact) mass is 218 g/mol. The molecule has 0 fully saturated rings. The van der Waals surface area contributed by atoms with Crippen molar-refractivity contribution in [2.24, 2.45) is 5.73 Å². The average molecular weight is 218 g/mol. The van der Waals surface area contributed by atoms with Crippen LogP contribution in [0.4, 0.5) is 4.39 Å². The second-order valence-corrected chi connectivity index (χ2v) is 4.46. The van der Waals surface area contributed by atoms with Crippen LogP contribution in [0.2, 0.25) is 0 Å². The number of rotatable bonds is 3. The molecule has 0 saturated carbocycles. The van der Waals surface area contributed by atoms with E-state index in [2.05, 4.69) is 0 Å². The molecule has 78 valence electrons. The summed E-state index contributed by atoms with van der Waals surface area (Å²) in [4.78, 5) is -0.370. The van der Waals surface area contributed by atoms with Crippen LogP contribution in [0.3, 0.4) is 0 Å². The Bertz CT molecular complexity index is 431. The van der Waals surface area contributed by atoms with E-state index in [-0.39, 0.29) is 17.0 Å². The predicted molar refractivity (Wildman–Crippen MR) is 50.5 cm³/mol. The van der Waals surface area contributed by atoms with Gasteiger partial charge in [-0.15, -0.1) is 0 Å². The average Bonchev–Trinajstić information content (AvgIpc) is 2.17. The first-order valence-corrected chi connectivity index (χ1v) is 5.42. The van der Waals surface area contributed by atoms with Crippen molar-refractivity contribution in [3.05, 3.63) is 29.6 Å². The Kier molecular flexibility index (Phi) is 3.20. The largest absolute Gasteiger partial charge is 0.326 e. The van der Waals surface area contributed by atoms with E-state index in [4.69, 9.17) is 5.73 Å². The number of nitrogens with two attached hydrogens (primary N) is 1. The van der Waals surface area contributed by atoms with E-state index in [1.165, 1.54) is 19.2 Å². The smallest absolute Gasteiger partial charge is 0.243 e. The highest BCUT2D eigenvalue weighted by molar-refractivity contribution is 7.89. The van der Waals surface area contributed by atoms with Crippen LogP contribution in [-0.4, -0.2) is 15.5 Å². The number of hydrogen-bond donors (Lipinski definition) is 2. The van der Waals surface area contributed by atoms with Crippen LogP contribution in [0, 0.1) is 5.82 Å². The maximum absolute atomic E-state index is 13.2. The van der Waals surface area contributed by atoms with Crippen LogP contribution in [-0.2, 0) is 16.6 Å². The van der Waals surface area contributed by atoms with Gasteiger partial charge < -0.3 is 5.73 Å². The zero-order chi connectivity index (χ0) is 10.8. The molecule has 0 radical (unpaired) electrons. The molecule has 1 aromatic carbocycles. The highest BCUT2D eigenvalue weighted by Crippen LogP contribution is 2.18. The molecule has 4 nitrogen and oxygen atoms in total. The zero-order valence-corrected chi connectivity index (χ0v) is 8.44. The van der Waals surface area contributed by atoms with Gasteiger partial charge in [0.05, 0.1) is 0 Å². The van der Waals surface area contributed by atoms with E-state index in [9.17, 15) is 12.8 Å². The van der Waals surface area contributed by atoms with Crippen LogP contribution >= 0.6 is 0 Å². The fourth-order valence-electron chi connectivity index (χ4n) is 1.12. The number of sulfonamides is 1. The van der Waals surface area contributed by atoms with Crippen molar-refractivity contribution >= 4 is 10.0 Å². The van der Waals surface area contributed by atoms with Gasteiger partial charge in [0.2, 0.25) is 10.0 Å². The molecule has 0 spiro atoms. The van der Waals surface area contributed by atoms with Crippen molar-refractivity contribution in [1.82, 2.24) is 4.72 Å². The lowest BCUT2D eigenvalue weighted by molar-refractivity contribution is 0.557. The quantitative estimate of drug-likeness (QED) is 0.760. The molecule has 1 aromatic rings. The Balaban J connectivity index is 3.46.